The monoisotopic (exact) mass is 450 g/mol. The van der Waals surface area contributed by atoms with E-state index in [9.17, 15) is 9.59 Å². The summed E-state index contributed by atoms with van der Waals surface area (Å²) in [5.41, 5.74) is 4.06. The van der Waals surface area contributed by atoms with Crippen molar-refractivity contribution in [2.75, 3.05) is 6.61 Å². The van der Waals surface area contributed by atoms with Gasteiger partial charge in [-0.3, -0.25) is 4.79 Å². The maximum absolute atomic E-state index is 12.2. The molecule has 0 aliphatic rings. The minimum Gasteiger partial charge on any atom is -0.494 e. The van der Waals surface area contributed by atoms with Crippen LogP contribution >= 0.6 is 11.6 Å². The van der Waals surface area contributed by atoms with Gasteiger partial charge in [-0.05, 0) is 78.7 Å². The van der Waals surface area contributed by atoms with Crippen LogP contribution in [0.4, 0.5) is 0 Å². The Balaban J connectivity index is 1.50. The van der Waals surface area contributed by atoms with Crippen LogP contribution in [-0.2, 0) is 0 Å². The highest BCUT2D eigenvalue weighted by Crippen LogP contribution is 2.16. The fourth-order valence-electron chi connectivity index (χ4n) is 2.67. The van der Waals surface area contributed by atoms with Crippen molar-refractivity contribution in [3.63, 3.8) is 0 Å². The first-order valence-electron chi connectivity index (χ1n) is 10.2. The van der Waals surface area contributed by atoms with Crippen molar-refractivity contribution in [1.29, 1.82) is 0 Å². The molecule has 0 aliphatic heterocycles. The third-order valence-corrected chi connectivity index (χ3v) is 4.65. The van der Waals surface area contributed by atoms with E-state index in [4.69, 9.17) is 21.1 Å². The van der Waals surface area contributed by atoms with Gasteiger partial charge in [0.15, 0.2) is 0 Å². The molecule has 7 heteroatoms. The first kappa shape index (κ1) is 23.0. The van der Waals surface area contributed by atoms with Crippen molar-refractivity contribution in [1.82, 2.24) is 5.43 Å². The van der Waals surface area contributed by atoms with Gasteiger partial charge in [-0.1, -0.05) is 31.0 Å². The van der Waals surface area contributed by atoms with Crippen molar-refractivity contribution >= 4 is 29.7 Å². The number of carbonyl (C=O) groups is 2. The molecule has 3 aromatic carbocycles. The van der Waals surface area contributed by atoms with Crippen LogP contribution < -0.4 is 14.9 Å². The highest BCUT2D eigenvalue weighted by Gasteiger charge is 2.09. The Bertz CT molecular complexity index is 1080. The van der Waals surface area contributed by atoms with E-state index < -0.39 is 5.97 Å². The predicted octanol–water partition coefficient (Wildman–Crippen LogP) is 5.50. The molecular weight excluding hydrogens is 428 g/mol. The molecule has 0 saturated carbocycles. The Morgan fingerprint density at radius 1 is 0.969 bits per heavy atom. The van der Waals surface area contributed by atoms with E-state index >= 15 is 0 Å². The lowest BCUT2D eigenvalue weighted by atomic mass is 10.2. The second kappa shape index (κ2) is 11.7. The van der Waals surface area contributed by atoms with Crippen LogP contribution in [0.15, 0.2) is 77.9 Å². The highest BCUT2D eigenvalue weighted by atomic mass is 35.5. The summed E-state index contributed by atoms with van der Waals surface area (Å²) in [5.74, 6) is 0.295. The molecule has 0 saturated heterocycles. The van der Waals surface area contributed by atoms with Crippen LogP contribution in [0.25, 0.3) is 0 Å². The molecule has 3 aromatic rings. The summed E-state index contributed by atoms with van der Waals surface area (Å²) >= 11 is 5.89. The fourth-order valence-corrected chi connectivity index (χ4v) is 2.86. The number of unbranched alkanes of at least 4 members (excludes halogenated alkanes) is 1. The van der Waals surface area contributed by atoms with Gasteiger partial charge < -0.3 is 9.47 Å². The largest absolute Gasteiger partial charge is 0.494 e. The average molecular weight is 451 g/mol. The van der Waals surface area contributed by atoms with Gasteiger partial charge in [-0.25, -0.2) is 10.2 Å². The molecule has 1 N–H and O–H groups in total. The molecule has 0 bridgehead atoms. The van der Waals surface area contributed by atoms with Gasteiger partial charge in [0.05, 0.1) is 18.4 Å². The minimum absolute atomic E-state index is 0.326. The maximum Gasteiger partial charge on any atom is 0.343 e. The van der Waals surface area contributed by atoms with E-state index in [2.05, 4.69) is 17.5 Å². The number of benzene rings is 3. The van der Waals surface area contributed by atoms with E-state index in [1.165, 1.54) is 6.21 Å². The number of rotatable bonds is 9. The van der Waals surface area contributed by atoms with Crippen LogP contribution in [0, 0.1) is 0 Å². The average Bonchev–Trinajstić information content (AvgIpc) is 2.81. The van der Waals surface area contributed by atoms with Gasteiger partial charge in [0, 0.05) is 10.6 Å². The molecule has 0 fully saturated rings. The maximum atomic E-state index is 12.2. The van der Waals surface area contributed by atoms with E-state index in [1.807, 2.05) is 0 Å². The smallest absolute Gasteiger partial charge is 0.343 e. The predicted molar refractivity (Wildman–Crippen MR) is 125 cm³/mol. The molecular formula is C25H23ClN2O4. The molecule has 0 aliphatic carbocycles. The number of hydrazone groups is 1. The molecule has 0 atom stereocenters. The van der Waals surface area contributed by atoms with Crippen LogP contribution in [0.5, 0.6) is 11.5 Å². The third-order valence-electron chi connectivity index (χ3n) is 4.41. The Morgan fingerprint density at radius 3 is 2.38 bits per heavy atom. The number of amides is 1. The number of halogens is 1. The molecule has 0 spiro atoms. The van der Waals surface area contributed by atoms with Gasteiger partial charge in [-0.15, -0.1) is 0 Å². The number of ether oxygens (including phenoxy) is 2. The van der Waals surface area contributed by atoms with Crippen molar-refractivity contribution < 1.29 is 19.1 Å². The quantitative estimate of drug-likeness (QED) is 0.153. The first-order valence-corrected chi connectivity index (χ1v) is 10.6. The molecule has 6 nitrogen and oxygen atoms in total. The number of carbonyl (C=O) groups excluding carboxylic acids is 2. The third kappa shape index (κ3) is 6.96. The second-order valence-corrected chi connectivity index (χ2v) is 7.33. The zero-order chi connectivity index (χ0) is 22.8. The van der Waals surface area contributed by atoms with Crippen LogP contribution in [0.1, 0.15) is 46.0 Å². The summed E-state index contributed by atoms with van der Waals surface area (Å²) in [6.07, 6.45) is 3.56. The number of nitrogens with one attached hydrogen (secondary N) is 1. The molecule has 3 rings (SSSR count). The van der Waals surface area contributed by atoms with Crippen LogP contribution in [0.3, 0.4) is 0 Å². The Hall–Kier alpha value is -3.64. The van der Waals surface area contributed by atoms with Crippen LogP contribution in [0.2, 0.25) is 5.02 Å². The van der Waals surface area contributed by atoms with Gasteiger partial charge in [0.25, 0.3) is 5.91 Å². The normalized spacial score (nSPS) is 10.7. The molecule has 0 aromatic heterocycles. The SMILES string of the molecule is CCCCOc1ccc(C(=O)NN=Cc2ccc(OC(=O)c3cccc(Cl)c3)cc2)cc1. The zero-order valence-corrected chi connectivity index (χ0v) is 18.3. The number of hydrogen-bond donors (Lipinski definition) is 1. The topological polar surface area (TPSA) is 77.0 Å². The lowest BCUT2D eigenvalue weighted by molar-refractivity contribution is 0.0734. The van der Waals surface area contributed by atoms with Crippen molar-refractivity contribution in [3.05, 3.63) is 94.5 Å². The summed E-state index contributed by atoms with van der Waals surface area (Å²) < 4.78 is 10.9. The van der Waals surface area contributed by atoms with Crippen LogP contribution in [-0.4, -0.2) is 24.7 Å². The summed E-state index contributed by atoms with van der Waals surface area (Å²) in [6, 6.07) is 20.2. The lowest BCUT2D eigenvalue weighted by Crippen LogP contribution is -2.17. The number of nitrogens with zero attached hydrogens (tertiary/aromatic N) is 1. The minimum atomic E-state index is -0.497. The standard InChI is InChI=1S/C25H23ClN2O4/c1-2-3-15-31-22-13-9-19(10-14-22)24(29)28-27-17-18-7-11-23(12-8-18)32-25(30)20-5-4-6-21(26)16-20/h4-14,16-17H,2-3,15H2,1H3,(H,28,29). The molecule has 1 amide bonds. The highest BCUT2D eigenvalue weighted by molar-refractivity contribution is 6.30. The van der Waals surface area contributed by atoms with Gasteiger partial charge in [-0.2, -0.15) is 5.10 Å². The fraction of sp³-hybridized carbons (Fsp3) is 0.160. The van der Waals surface area contributed by atoms with E-state index in [0.29, 0.717) is 28.5 Å². The zero-order valence-electron chi connectivity index (χ0n) is 17.6. The Kier molecular flexibility index (Phi) is 8.40. The number of esters is 1. The van der Waals surface area contributed by atoms with Gasteiger partial charge in [0.1, 0.15) is 11.5 Å². The van der Waals surface area contributed by atoms with Crippen molar-refractivity contribution in [3.8, 4) is 11.5 Å². The van der Waals surface area contributed by atoms with Gasteiger partial charge >= 0.3 is 5.97 Å². The lowest BCUT2D eigenvalue weighted by Gasteiger charge is -2.06. The summed E-state index contributed by atoms with van der Waals surface area (Å²) in [5, 5.41) is 4.43. The Morgan fingerprint density at radius 2 is 1.69 bits per heavy atom. The molecule has 0 unspecified atom stereocenters. The molecule has 0 radical (unpaired) electrons. The molecule has 32 heavy (non-hydrogen) atoms. The Labute approximate surface area is 191 Å². The number of hydrogen-bond acceptors (Lipinski definition) is 5. The molecule has 164 valence electrons. The van der Waals surface area contributed by atoms with Crippen molar-refractivity contribution in [2.45, 2.75) is 19.8 Å². The van der Waals surface area contributed by atoms with E-state index in [-0.39, 0.29) is 5.91 Å². The summed E-state index contributed by atoms with van der Waals surface area (Å²) in [7, 11) is 0. The van der Waals surface area contributed by atoms with E-state index in [0.717, 1.165) is 24.2 Å². The second-order valence-electron chi connectivity index (χ2n) is 6.89. The first-order chi connectivity index (χ1) is 15.5. The van der Waals surface area contributed by atoms with Crippen molar-refractivity contribution in [2.24, 2.45) is 5.10 Å². The summed E-state index contributed by atoms with van der Waals surface area (Å²) in [6.45, 7) is 2.76. The van der Waals surface area contributed by atoms with E-state index in [1.54, 1.807) is 72.8 Å². The summed E-state index contributed by atoms with van der Waals surface area (Å²) in [4.78, 5) is 24.4. The van der Waals surface area contributed by atoms with Gasteiger partial charge in [0.2, 0.25) is 0 Å². The molecule has 0 heterocycles.